The largest absolute Gasteiger partial charge is 0.490 e. The highest BCUT2D eigenvalue weighted by molar-refractivity contribution is 7.11. The number of methoxy groups -OCH3 is 1. The normalized spacial score (nSPS) is 10.8. The summed E-state index contributed by atoms with van der Waals surface area (Å²) in [4.78, 5) is 5.52. The number of benzene rings is 1. The van der Waals surface area contributed by atoms with Crippen molar-refractivity contribution in [1.29, 1.82) is 0 Å². The van der Waals surface area contributed by atoms with Crippen LogP contribution in [-0.2, 0) is 17.7 Å². The van der Waals surface area contributed by atoms with Gasteiger partial charge in [-0.1, -0.05) is 12.1 Å². The maximum atomic E-state index is 13.4. The third-order valence-electron chi connectivity index (χ3n) is 2.79. The van der Waals surface area contributed by atoms with Crippen LogP contribution in [0.25, 0.3) is 0 Å². The Morgan fingerprint density at radius 2 is 2.14 bits per heavy atom. The fraction of sp³-hybridized carbons (Fsp3) is 0.400. The lowest BCUT2D eigenvalue weighted by Gasteiger charge is -2.05. The van der Waals surface area contributed by atoms with Crippen molar-refractivity contribution in [3.05, 3.63) is 46.2 Å². The van der Waals surface area contributed by atoms with Gasteiger partial charge in [-0.3, -0.25) is 0 Å². The maximum absolute atomic E-state index is 13.4. The number of para-hydroxylation sites is 1. The Morgan fingerprint density at radius 1 is 1.29 bits per heavy atom. The van der Waals surface area contributed by atoms with Crippen LogP contribution in [0.5, 0.6) is 5.75 Å². The second-order valence-electron chi connectivity index (χ2n) is 4.42. The number of halogens is 1. The standard InChI is InChI=1S/C15H19FN2O2S/c1-19-9-7-17-10-12-11-18-15(21-12)6-8-20-14-5-3-2-4-13(14)16/h2-5,11,17H,6-10H2,1H3. The summed E-state index contributed by atoms with van der Waals surface area (Å²) >= 11 is 1.64. The Morgan fingerprint density at radius 3 is 2.95 bits per heavy atom. The van der Waals surface area contributed by atoms with Crippen molar-refractivity contribution in [1.82, 2.24) is 10.3 Å². The van der Waals surface area contributed by atoms with Crippen LogP contribution in [0.15, 0.2) is 30.5 Å². The molecule has 0 radical (unpaired) electrons. The summed E-state index contributed by atoms with van der Waals surface area (Å²) in [6, 6.07) is 6.42. The van der Waals surface area contributed by atoms with Gasteiger partial charge in [0.25, 0.3) is 0 Å². The van der Waals surface area contributed by atoms with E-state index in [0.717, 1.165) is 18.1 Å². The van der Waals surface area contributed by atoms with Crippen LogP contribution >= 0.6 is 11.3 Å². The van der Waals surface area contributed by atoms with E-state index in [1.807, 2.05) is 6.20 Å². The van der Waals surface area contributed by atoms with E-state index in [2.05, 4.69) is 10.3 Å². The van der Waals surface area contributed by atoms with Gasteiger partial charge in [-0.25, -0.2) is 9.37 Å². The van der Waals surface area contributed by atoms with Gasteiger partial charge in [-0.05, 0) is 12.1 Å². The molecular weight excluding hydrogens is 291 g/mol. The lowest BCUT2D eigenvalue weighted by molar-refractivity contribution is 0.199. The summed E-state index contributed by atoms with van der Waals surface area (Å²) in [5, 5.41) is 4.27. The average Bonchev–Trinajstić information content (AvgIpc) is 2.94. The van der Waals surface area contributed by atoms with Crippen molar-refractivity contribution < 1.29 is 13.9 Å². The van der Waals surface area contributed by atoms with Gasteiger partial charge in [0.05, 0.1) is 18.2 Å². The summed E-state index contributed by atoms with van der Waals surface area (Å²) in [7, 11) is 1.68. The topological polar surface area (TPSA) is 43.4 Å². The van der Waals surface area contributed by atoms with Gasteiger partial charge in [-0.2, -0.15) is 0 Å². The van der Waals surface area contributed by atoms with Crippen molar-refractivity contribution in [2.24, 2.45) is 0 Å². The molecule has 4 nitrogen and oxygen atoms in total. The second kappa shape index (κ2) is 8.71. The molecule has 0 fully saturated rings. The molecule has 114 valence electrons. The fourth-order valence-electron chi connectivity index (χ4n) is 1.74. The lowest BCUT2D eigenvalue weighted by atomic mass is 10.3. The predicted octanol–water partition coefficient (Wildman–Crippen LogP) is 2.64. The molecule has 0 saturated carbocycles. The monoisotopic (exact) mass is 310 g/mol. The molecule has 2 rings (SSSR count). The van der Waals surface area contributed by atoms with Crippen LogP contribution in [0.1, 0.15) is 9.88 Å². The van der Waals surface area contributed by atoms with Crippen molar-refractivity contribution in [2.75, 3.05) is 26.9 Å². The van der Waals surface area contributed by atoms with Crippen molar-refractivity contribution in [2.45, 2.75) is 13.0 Å². The quantitative estimate of drug-likeness (QED) is 0.723. The van der Waals surface area contributed by atoms with Gasteiger partial charge >= 0.3 is 0 Å². The number of hydrogen-bond donors (Lipinski definition) is 1. The SMILES string of the molecule is COCCNCc1cnc(CCOc2ccccc2F)s1. The van der Waals surface area contributed by atoms with E-state index in [1.165, 1.54) is 10.9 Å². The summed E-state index contributed by atoms with van der Waals surface area (Å²) in [5.74, 6) is -0.0461. The minimum Gasteiger partial charge on any atom is -0.490 e. The van der Waals surface area contributed by atoms with E-state index < -0.39 is 0 Å². The van der Waals surface area contributed by atoms with E-state index in [4.69, 9.17) is 9.47 Å². The Labute approximate surface area is 127 Å². The number of hydrogen-bond acceptors (Lipinski definition) is 5. The van der Waals surface area contributed by atoms with Gasteiger partial charge in [0.2, 0.25) is 0 Å². The van der Waals surface area contributed by atoms with Crippen molar-refractivity contribution in [3.63, 3.8) is 0 Å². The van der Waals surface area contributed by atoms with Gasteiger partial charge in [0.1, 0.15) is 0 Å². The van der Waals surface area contributed by atoms with Crippen LogP contribution in [0, 0.1) is 5.82 Å². The first-order valence-corrected chi connectivity index (χ1v) is 7.62. The highest BCUT2D eigenvalue weighted by Gasteiger charge is 2.04. The van der Waals surface area contributed by atoms with E-state index in [9.17, 15) is 4.39 Å². The number of nitrogens with zero attached hydrogens (tertiary/aromatic N) is 1. The number of nitrogens with one attached hydrogen (secondary N) is 1. The van der Waals surface area contributed by atoms with E-state index in [1.54, 1.807) is 36.6 Å². The molecule has 0 amide bonds. The zero-order valence-electron chi connectivity index (χ0n) is 12.0. The third-order valence-corrected chi connectivity index (χ3v) is 3.85. The number of aromatic nitrogens is 1. The number of ether oxygens (including phenoxy) is 2. The molecule has 0 aliphatic heterocycles. The van der Waals surface area contributed by atoms with Gasteiger partial charge < -0.3 is 14.8 Å². The van der Waals surface area contributed by atoms with E-state index >= 15 is 0 Å². The minimum atomic E-state index is -0.334. The molecule has 0 atom stereocenters. The number of thiazole rings is 1. The molecule has 21 heavy (non-hydrogen) atoms. The maximum Gasteiger partial charge on any atom is 0.165 e. The minimum absolute atomic E-state index is 0.288. The molecule has 0 bridgehead atoms. The Hall–Kier alpha value is -1.50. The molecule has 6 heteroatoms. The summed E-state index contributed by atoms with van der Waals surface area (Å²) < 4.78 is 23.8. The summed E-state index contributed by atoms with van der Waals surface area (Å²) in [5.41, 5.74) is 0. The van der Waals surface area contributed by atoms with Crippen LogP contribution in [-0.4, -0.2) is 31.9 Å². The smallest absolute Gasteiger partial charge is 0.165 e. The van der Waals surface area contributed by atoms with Gasteiger partial charge in [0, 0.05) is 37.7 Å². The number of rotatable bonds is 9. The highest BCUT2D eigenvalue weighted by atomic mass is 32.1. The molecule has 1 heterocycles. The first-order valence-electron chi connectivity index (χ1n) is 6.80. The van der Waals surface area contributed by atoms with Crippen LogP contribution in [0.3, 0.4) is 0 Å². The van der Waals surface area contributed by atoms with E-state index in [0.29, 0.717) is 19.6 Å². The van der Waals surface area contributed by atoms with Gasteiger partial charge in [-0.15, -0.1) is 11.3 Å². The molecule has 0 saturated heterocycles. The first-order chi connectivity index (χ1) is 10.3. The molecule has 1 N–H and O–H groups in total. The third kappa shape index (κ3) is 5.41. The summed E-state index contributed by atoms with van der Waals surface area (Å²) in [6.07, 6.45) is 2.54. The van der Waals surface area contributed by atoms with Crippen molar-refractivity contribution in [3.8, 4) is 5.75 Å². The Balaban J connectivity index is 1.71. The zero-order chi connectivity index (χ0) is 14.9. The van der Waals surface area contributed by atoms with Gasteiger partial charge in [0.15, 0.2) is 11.6 Å². The molecule has 1 aromatic heterocycles. The first kappa shape index (κ1) is 15.9. The van der Waals surface area contributed by atoms with Crippen LogP contribution in [0.4, 0.5) is 4.39 Å². The molecule has 1 aromatic carbocycles. The zero-order valence-corrected chi connectivity index (χ0v) is 12.8. The molecule has 0 aliphatic rings. The average molecular weight is 310 g/mol. The second-order valence-corrected chi connectivity index (χ2v) is 5.62. The molecule has 0 aliphatic carbocycles. The predicted molar refractivity (Wildman–Crippen MR) is 81.3 cm³/mol. The Bertz CT molecular complexity index is 548. The highest BCUT2D eigenvalue weighted by Crippen LogP contribution is 2.17. The molecule has 0 spiro atoms. The van der Waals surface area contributed by atoms with E-state index in [-0.39, 0.29) is 11.6 Å². The fourth-order valence-corrected chi connectivity index (χ4v) is 2.61. The van der Waals surface area contributed by atoms with Crippen LogP contribution < -0.4 is 10.1 Å². The van der Waals surface area contributed by atoms with Crippen molar-refractivity contribution >= 4 is 11.3 Å². The Kier molecular flexibility index (Phi) is 6.59. The molecular formula is C15H19FN2O2S. The summed E-state index contributed by atoms with van der Waals surface area (Å²) in [6.45, 7) is 2.72. The van der Waals surface area contributed by atoms with Crippen LogP contribution in [0.2, 0.25) is 0 Å². The molecule has 0 unspecified atom stereocenters. The lowest BCUT2D eigenvalue weighted by Crippen LogP contribution is -2.17. The molecule has 2 aromatic rings.